The molecule has 20 heavy (non-hydrogen) atoms. The van der Waals surface area contributed by atoms with Crippen LogP contribution in [0.2, 0.25) is 0 Å². The summed E-state index contributed by atoms with van der Waals surface area (Å²) < 4.78 is 5.42. The van der Waals surface area contributed by atoms with Crippen molar-refractivity contribution in [2.45, 2.75) is 59.3 Å². The minimum absolute atomic E-state index is 0.148. The number of aromatic nitrogens is 1. The second-order valence-electron chi connectivity index (χ2n) is 6.27. The highest BCUT2D eigenvalue weighted by Gasteiger charge is 2.34. The van der Waals surface area contributed by atoms with E-state index in [1.807, 2.05) is 13.8 Å². The lowest BCUT2D eigenvalue weighted by atomic mass is 9.71. The van der Waals surface area contributed by atoms with Crippen LogP contribution in [0.25, 0.3) is 0 Å². The van der Waals surface area contributed by atoms with Crippen LogP contribution in [0.1, 0.15) is 55.8 Å². The zero-order valence-corrected chi connectivity index (χ0v) is 13.1. The Balaban J connectivity index is 2.19. The molecule has 0 amide bonds. The van der Waals surface area contributed by atoms with E-state index in [2.05, 4.69) is 11.9 Å². The summed E-state index contributed by atoms with van der Waals surface area (Å²) in [6.45, 7) is 6.09. The molecule has 0 spiro atoms. The van der Waals surface area contributed by atoms with Gasteiger partial charge in [0, 0.05) is 29.2 Å². The van der Waals surface area contributed by atoms with Crippen molar-refractivity contribution in [1.29, 1.82) is 0 Å². The summed E-state index contributed by atoms with van der Waals surface area (Å²) in [6.07, 6.45) is 7.88. The first-order valence-corrected chi connectivity index (χ1v) is 7.50. The van der Waals surface area contributed by atoms with E-state index in [1.165, 1.54) is 19.3 Å². The number of aryl methyl sites for hydroxylation is 1. The van der Waals surface area contributed by atoms with Crippen LogP contribution in [0.4, 0.5) is 0 Å². The Morgan fingerprint density at radius 3 is 2.55 bits per heavy atom. The molecule has 0 atom stereocenters. The van der Waals surface area contributed by atoms with Gasteiger partial charge >= 0.3 is 0 Å². The monoisotopic (exact) mass is 275 g/mol. The van der Waals surface area contributed by atoms with Crippen molar-refractivity contribution < 1.29 is 9.53 Å². The molecule has 1 aliphatic carbocycles. The van der Waals surface area contributed by atoms with Crippen molar-refractivity contribution in [2.75, 3.05) is 7.11 Å². The molecule has 1 fully saturated rings. The number of carbonyl (C=O) groups excluding carboxylic acids is 1. The summed E-state index contributed by atoms with van der Waals surface area (Å²) in [6, 6.07) is 0. The predicted octanol–water partition coefficient (Wildman–Crippen LogP) is 3.79. The first kappa shape index (κ1) is 15.0. The molecule has 0 aliphatic heterocycles. The highest BCUT2D eigenvalue weighted by molar-refractivity contribution is 5.86. The molecule has 110 valence electrons. The minimum Gasteiger partial charge on any atom is -0.496 e. The third kappa shape index (κ3) is 2.87. The number of carbonyl (C=O) groups is 1. The number of hydrogen-bond donors (Lipinski definition) is 0. The summed E-state index contributed by atoms with van der Waals surface area (Å²) in [4.78, 5) is 17.1. The molecule has 2 rings (SSSR count). The lowest BCUT2D eigenvalue weighted by Crippen LogP contribution is -2.32. The summed E-state index contributed by atoms with van der Waals surface area (Å²) in [5.41, 5.74) is 2.74. The number of rotatable bonds is 4. The second-order valence-corrected chi connectivity index (χ2v) is 6.27. The fourth-order valence-corrected chi connectivity index (χ4v) is 3.23. The van der Waals surface area contributed by atoms with Crippen LogP contribution in [-0.4, -0.2) is 17.9 Å². The molecule has 3 nitrogen and oxygen atoms in total. The Morgan fingerprint density at radius 2 is 1.95 bits per heavy atom. The quantitative estimate of drug-likeness (QED) is 0.839. The van der Waals surface area contributed by atoms with Gasteiger partial charge in [0.25, 0.3) is 0 Å². The average Bonchev–Trinajstić information content (AvgIpc) is 2.43. The normalized spacial score (nSPS) is 17.8. The molecule has 0 bridgehead atoms. The topological polar surface area (TPSA) is 39.2 Å². The van der Waals surface area contributed by atoms with Crippen molar-refractivity contribution in [2.24, 2.45) is 5.41 Å². The third-order valence-corrected chi connectivity index (χ3v) is 4.71. The van der Waals surface area contributed by atoms with Gasteiger partial charge in [0.1, 0.15) is 11.5 Å². The maximum absolute atomic E-state index is 12.6. The Bertz CT molecular complexity index is 502. The van der Waals surface area contributed by atoms with Crippen LogP contribution < -0.4 is 4.74 Å². The van der Waals surface area contributed by atoms with Crippen LogP contribution in [0.15, 0.2) is 6.20 Å². The van der Waals surface area contributed by atoms with Gasteiger partial charge in [-0.25, -0.2) is 0 Å². The van der Waals surface area contributed by atoms with E-state index < -0.39 is 0 Å². The summed E-state index contributed by atoms with van der Waals surface area (Å²) in [7, 11) is 1.67. The molecule has 1 aromatic heterocycles. The van der Waals surface area contributed by atoms with E-state index in [9.17, 15) is 4.79 Å². The molecule has 0 radical (unpaired) electrons. The molecule has 1 heterocycles. The zero-order valence-electron chi connectivity index (χ0n) is 13.1. The summed E-state index contributed by atoms with van der Waals surface area (Å²) in [5.74, 6) is 1.19. The van der Waals surface area contributed by atoms with Crippen molar-refractivity contribution in [3.05, 3.63) is 23.0 Å². The van der Waals surface area contributed by atoms with E-state index in [4.69, 9.17) is 4.74 Å². The largest absolute Gasteiger partial charge is 0.496 e. The fourth-order valence-electron chi connectivity index (χ4n) is 3.23. The third-order valence-electron chi connectivity index (χ3n) is 4.71. The Morgan fingerprint density at radius 1 is 1.30 bits per heavy atom. The maximum Gasteiger partial charge on any atom is 0.144 e. The maximum atomic E-state index is 12.6. The first-order valence-electron chi connectivity index (χ1n) is 7.50. The van der Waals surface area contributed by atoms with Crippen molar-refractivity contribution in [3.63, 3.8) is 0 Å². The number of methoxy groups -OCH3 is 1. The lowest BCUT2D eigenvalue weighted by Gasteiger charge is -2.32. The van der Waals surface area contributed by atoms with E-state index in [0.29, 0.717) is 12.2 Å². The van der Waals surface area contributed by atoms with Gasteiger partial charge in [-0.15, -0.1) is 0 Å². The van der Waals surface area contributed by atoms with Gasteiger partial charge in [-0.3, -0.25) is 9.78 Å². The number of hydrogen-bond acceptors (Lipinski definition) is 3. The lowest BCUT2D eigenvalue weighted by molar-refractivity contribution is -0.128. The number of nitrogens with zero attached hydrogens (tertiary/aromatic N) is 1. The van der Waals surface area contributed by atoms with Crippen molar-refractivity contribution in [3.8, 4) is 5.75 Å². The second kappa shape index (κ2) is 5.94. The highest BCUT2D eigenvalue weighted by Crippen LogP contribution is 2.37. The number of ketones is 1. The van der Waals surface area contributed by atoms with Crippen LogP contribution in [-0.2, 0) is 11.2 Å². The Labute approximate surface area is 121 Å². The van der Waals surface area contributed by atoms with Gasteiger partial charge in [0.2, 0.25) is 0 Å². The van der Waals surface area contributed by atoms with E-state index in [0.717, 1.165) is 35.4 Å². The van der Waals surface area contributed by atoms with E-state index in [-0.39, 0.29) is 5.41 Å². The van der Waals surface area contributed by atoms with E-state index in [1.54, 1.807) is 13.3 Å². The van der Waals surface area contributed by atoms with Crippen LogP contribution in [0.5, 0.6) is 5.75 Å². The fraction of sp³-hybridized carbons (Fsp3) is 0.647. The van der Waals surface area contributed by atoms with Gasteiger partial charge in [0.05, 0.1) is 12.8 Å². The molecule has 0 saturated heterocycles. The number of ether oxygens (including phenoxy) is 1. The molecular formula is C17H25NO2. The molecule has 0 aromatic carbocycles. The van der Waals surface area contributed by atoms with Gasteiger partial charge < -0.3 is 4.74 Å². The van der Waals surface area contributed by atoms with Gasteiger partial charge in [0.15, 0.2) is 0 Å². The highest BCUT2D eigenvalue weighted by atomic mass is 16.5. The Kier molecular flexibility index (Phi) is 4.46. The average molecular weight is 275 g/mol. The zero-order chi connectivity index (χ0) is 14.8. The SMILES string of the molecule is COc1c(C)cnc(CC(=O)C2(C)CCCCC2)c1C. The van der Waals surface area contributed by atoms with Crippen LogP contribution in [0, 0.1) is 19.3 Å². The van der Waals surface area contributed by atoms with Crippen molar-refractivity contribution >= 4 is 5.78 Å². The molecule has 1 aliphatic rings. The molecule has 1 aromatic rings. The minimum atomic E-state index is -0.148. The molecule has 0 unspecified atom stereocenters. The first-order chi connectivity index (χ1) is 9.48. The standard InChI is InChI=1S/C17H25NO2/c1-12-11-18-14(13(2)16(12)20-4)10-15(19)17(3)8-6-5-7-9-17/h11H,5-10H2,1-4H3. The number of Topliss-reactive ketones (excluding diaryl/α,β-unsaturated/α-hetero) is 1. The van der Waals surface area contributed by atoms with Gasteiger partial charge in [-0.1, -0.05) is 26.2 Å². The Hall–Kier alpha value is -1.38. The summed E-state index contributed by atoms with van der Waals surface area (Å²) >= 11 is 0. The van der Waals surface area contributed by atoms with Gasteiger partial charge in [-0.2, -0.15) is 0 Å². The molecule has 3 heteroatoms. The number of pyridine rings is 1. The van der Waals surface area contributed by atoms with Crippen LogP contribution in [0.3, 0.4) is 0 Å². The smallest absolute Gasteiger partial charge is 0.144 e. The predicted molar refractivity (Wildman–Crippen MR) is 80.2 cm³/mol. The van der Waals surface area contributed by atoms with Gasteiger partial charge in [-0.05, 0) is 26.7 Å². The van der Waals surface area contributed by atoms with E-state index >= 15 is 0 Å². The van der Waals surface area contributed by atoms with Crippen molar-refractivity contribution in [1.82, 2.24) is 4.98 Å². The summed E-state index contributed by atoms with van der Waals surface area (Å²) in [5, 5.41) is 0. The molecule has 0 N–H and O–H groups in total. The van der Waals surface area contributed by atoms with Crippen LogP contribution >= 0.6 is 0 Å². The molecule has 1 saturated carbocycles. The molecular weight excluding hydrogens is 250 g/mol.